The van der Waals surface area contributed by atoms with Crippen LogP contribution in [-0.2, 0) is 4.79 Å². The van der Waals surface area contributed by atoms with Crippen molar-refractivity contribution in [1.29, 1.82) is 0 Å². The summed E-state index contributed by atoms with van der Waals surface area (Å²) in [5, 5.41) is 9.50. The van der Waals surface area contributed by atoms with Gasteiger partial charge in [0.25, 0.3) is 0 Å². The van der Waals surface area contributed by atoms with E-state index in [1.54, 1.807) is 0 Å². The number of rotatable bonds is 4. The maximum atomic E-state index is 11.5. The Bertz CT molecular complexity index is 463. The van der Waals surface area contributed by atoms with Crippen LogP contribution in [0.1, 0.15) is 43.6 Å². The van der Waals surface area contributed by atoms with Crippen LogP contribution in [0.25, 0.3) is 0 Å². The van der Waals surface area contributed by atoms with Crippen LogP contribution in [0.15, 0.2) is 24.3 Å². The van der Waals surface area contributed by atoms with E-state index in [-0.39, 0.29) is 11.8 Å². The summed E-state index contributed by atoms with van der Waals surface area (Å²) in [5.74, 6) is 0.713. The molecule has 0 bridgehead atoms. The Morgan fingerprint density at radius 3 is 2.79 bits per heavy atom. The maximum absolute atomic E-state index is 11.5. The third kappa shape index (κ3) is 2.46. The predicted molar refractivity (Wildman–Crippen MR) is 72.4 cm³/mol. The van der Waals surface area contributed by atoms with E-state index in [2.05, 4.69) is 6.07 Å². The van der Waals surface area contributed by atoms with E-state index in [4.69, 9.17) is 4.74 Å². The van der Waals surface area contributed by atoms with Gasteiger partial charge in [0.05, 0.1) is 12.5 Å². The van der Waals surface area contributed by atoms with Crippen molar-refractivity contribution in [2.24, 2.45) is 11.8 Å². The molecule has 0 aromatic heterocycles. The van der Waals surface area contributed by atoms with Gasteiger partial charge in [0, 0.05) is 11.5 Å². The van der Waals surface area contributed by atoms with Gasteiger partial charge in [-0.15, -0.1) is 0 Å². The molecule has 0 amide bonds. The van der Waals surface area contributed by atoms with E-state index in [0.717, 1.165) is 25.0 Å². The maximum Gasteiger partial charge on any atom is 0.306 e. The van der Waals surface area contributed by atoms with Gasteiger partial charge in [0.15, 0.2) is 0 Å². The number of para-hydroxylation sites is 1. The number of ether oxygens (including phenoxy) is 1. The highest BCUT2D eigenvalue weighted by atomic mass is 16.5. The Morgan fingerprint density at radius 1 is 1.32 bits per heavy atom. The lowest BCUT2D eigenvalue weighted by atomic mass is 9.82. The molecule has 2 aliphatic rings. The van der Waals surface area contributed by atoms with E-state index in [0.29, 0.717) is 12.5 Å². The summed E-state index contributed by atoms with van der Waals surface area (Å²) in [7, 11) is 0. The molecule has 19 heavy (non-hydrogen) atoms. The molecule has 3 nitrogen and oxygen atoms in total. The number of hydrogen-bond acceptors (Lipinski definition) is 2. The summed E-state index contributed by atoms with van der Waals surface area (Å²) in [6.07, 6.45) is 5.24. The number of aliphatic carboxylic acids is 1. The molecule has 1 aliphatic carbocycles. The fraction of sp³-hybridized carbons (Fsp3) is 0.562. The molecule has 1 aromatic carbocycles. The predicted octanol–water partition coefficient (Wildman–Crippen LogP) is 3.44. The molecule has 1 aromatic rings. The molecule has 3 heteroatoms. The molecule has 2 unspecified atom stereocenters. The van der Waals surface area contributed by atoms with Gasteiger partial charge in [-0.25, -0.2) is 0 Å². The van der Waals surface area contributed by atoms with Crippen molar-refractivity contribution in [3.63, 3.8) is 0 Å². The van der Waals surface area contributed by atoms with Crippen molar-refractivity contribution in [2.75, 3.05) is 6.61 Å². The Kier molecular flexibility index (Phi) is 3.45. The van der Waals surface area contributed by atoms with E-state index in [1.165, 1.54) is 18.4 Å². The zero-order valence-corrected chi connectivity index (χ0v) is 11.0. The summed E-state index contributed by atoms with van der Waals surface area (Å²) < 4.78 is 5.66. The third-order valence-corrected chi connectivity index (χ3v) is 4.62. The van der Waals surface area contributed by atoms with Crippen molar-refractivity contribution in [1.82, 2.24) is 0 Å². The second-order valence-electron chi connectivity index (χ2n) is 5.77. The Labute approximate surface area is 113 Å². The molecule has 1 fully saturated rings. The van der Waals surface area contributed by atoms with E-state index >= 15 is 0 Å². The monoisotopic (exact) mass is 260 g/mol. The number of hydrogen-bond donors (Lipinski definition) is 1. The summed E-state index contributed by atoms with van der Waals surface area (Å²) in [6, 6.07) is 8.01. The SMILES string of the molecule is O=C(O)C(CC1COc2ccccc21)C1CCCC1. The van der Waals surface area contributed by atoms with Crippen molar-refractivity contribution in [2.45, 2.75) is 38.0 Å². The fourth-order valence-corrected chi connectivity index (χ4v) is 3.59. The van der Waals surface area contributed by atoms with Gasteiger partial charge < -0.3 is 9.84 Å². The van der Waals surface area contributed by atoms with Crippen LogP contribution in [0.2, 0.25) is 0 Å². The standard InChI is InChI=1S/C16H20O3/c17-16(18)14(11-5-1-2-6-11)9-12-10-19-15-8-4-3-7-13(12)15/h3-4,7-8,11-12,14H,1-2,5-6,9-10H2,(H,17,18). The van der Waals surface area contributed by atoms with E-state index in [9.17, 15) is 9.90 Å². The average molecular weight is 260 g/mol. The lowest BCUT2D eigenvalue weighted by Crippen LogP contribution is -2.24. The van der Waals surface area contributed by atoms with Gasteiger partial charge in [-0.2, -0.15) is 0 Å². The molecule has 0 saturated heterocycles. The largest absolute Gasteiger partial charge is 0.493 e. The molecule has 3 rings (SSSR count). The molecule has 0 spiro atoms. The van der Waals surface area contributed by atoms with Crippen molar-refractivity contribution in [3.05, 3.63) is 29.8 Å². The summed E-state index contributed by atoms with van der Waals surface area (Å²) >= 11 is 0. The van der Waals surface area contributed by atoms with Crippen LogP contribution in [0.5, 0.6) is 5.75 Å². The van der Waals surface area contributed by atoms with Crippen molar-refractivity contribution in [3.8, 4) is 5.75 Å². The van der Waals surface area contributed by atoms with Crippen molar-refractivity contribution >= 4 is 5.97 Å². The minimum Gasteiger partial charge on any atom is -0.493 e. The molecule has 1 aliphatic heterocycles. The summed E-state index contributed by atoms with van der Waals surface area (Å²) in [5.41, 5.74) is 1.19. The lowest BCUT2D eigenvalue weighted by Gasteiger charge is -2.21. The first-order valence-corrected chi connectivity index (χ1v) is 7.20. The lowest BCUT2D eigenvalue weighted by molar-refractivity contribution is -0.144. The zero-order chi connectivity index (χ0) is 13.2. The Morgan fingerprint density at radius 2 is 2.05 bits per heavy atom. The number of fused-ring (bicyclic) bond motifs is 1. The molecule has 1 saturated carbocycles. The van der Waals surface area contributed by atoms with Gasteiger partial charge in [-0.1, -0.05) is 31.0 Å². The van der Waals surface area contributed by atoms with Gasteiger partial charge in [-0.05, 0) is 31.2 Å². The summed E-state index contributed by atoms with van der Waals surface area (Å²) in [4.78, 5) is 11.5. The molecule has 2 atom stereocenters. The number of benzene rings is 1. The first-order chi connectivity index (χ1) is 9.25. The number of carbonyl (C=O) groups is 1. The fourth-order valence-electron chi connectivity index (χ4n) is 3.59. The average Bonchev–Trinajstić information content (AvgIpc) is 3.05. The topological polar surface area (TPSA) is 46.5 Å². The molecule has 1 N–H and O–H groups in total. The quantitative estimate of drug-likeness (QED) is 0.902. The van der Waals surface area contributed by atoms with Crippen LogP contribution in [-0.4, -0.2) is 17.7 Å². The Balaban J connectivity index is 1.74. The van der Waals surface area contributed by atoms with Gasteiger partial charge in [0.2, 0.25) is 0 Å². The molecular weight excluding hydrogens is 240 g/mol. The smallest absolute Gasteiger partial charge is 0.306 e. The molecule has 0 radical (unpaired) electrons. The van der Waals surface area contributed by atoms with Crippen molar-refractivity contribution < 1.29 is 14.6 Å². The van der Waals surface area contributed by atoms with Crippen LogP contribution in [0.3, 0.4) is 0 Å². The first kappa shape index (κ1) is 12.5. The normalized spacial score (nSPS) is 23.9. The van der Waals surface area contributed by atoms with Gasteiger partial charge in [0.1, 0.15) is 5.75 Å². The second kappa shape index (κ2) is 5.24. The number of carboxylic acid groups (broad SMARTS) is 1. The number of carboxylic acids is 1. The molecule has 1 heterocycles. The second-order valence-corrected chi connectivity index (χ2v) is 5.77. The van der Waals surface area contributed by atoms with Crippen LogP contribution in [0, 0.1) is 11.8 Å². The van der Waals surface area contributed by atoms with E-state index in [1.807, 2.05) is 18.2 Å². The third-order valence-electron chi connectivity index (χ3n) is 4.62. The minimum atomic E-state index is -0.628. The Hall–Kier alpha value is -1.51. The van der Waals surface area contributed by atoms with Gasteiger partial charge >= 0.3 is 5.97 Å². The minimum absolute atomic E-state index is 0.206. The zero-order valence-electron chi connectivity index (χ0n) is 11.0. The van der Waals surface area contributed by atoms with Crippen LogP contribution in [0.4, 0.5) is 0 Å². The highest BCUT2D eigenvalue weighted by Crippen LogP contribution is 2.41. The van der Waals surface area contributed by atoms with Crippen LogP contribution < -0.4 is 4.74 Å². The van der Waals surface area contributed by atoms with E-state index < -0.39 is 5.97 Å². The first-order valence-electron chi connectivity index (χ1n) is 7.20. The molecular formula is C16H20O3. The van der Waals surface area contributed by atoms with Crippen LogP contribution >= 0.6 is 0 Å². The summed E-state index contributed by atoms with van der Waals surface area (Å²) in [6.45, 7) is 0.635. The highest BCUT2D eigenvalue weighted by Gasteiger charge is 2.35. The molecule has 102 valence electrons. The highest BCUT2D eigenvalue weighted by molar-refractivity contribution is 5.70. The van der Waals surface area contributed by atoms with Gasteiger partial charge in [-0.3, -0.25) is 4.79 Å².